The number of halogens is 3. The number of aromatic nitrogens is 1. The molecule has 1 aliphatic rings. The molecule has 0 radical (unpaired) electrons. The molecule has 0 spiro atoms. The van der Waals surface area contributed by atoms with Crippen LogP contribution in [0.2, 0.25) is 0 Å². The van der Waals surface area contributed by atoms with E-state index in [0.717, 1.165) is 17.5 Å². The molecule has 31 heavy (non-hydrogen) atoms. The van der Waals surface area contributed by atoms with Gasteiger partial charge in [-0.3, -0.25) is 0 Å². The lowest BCUT2D eigenvalue weighted by Gasteiger charge is -2.30. The fraction of sp³-hybridized carbons (Fsp3) is 0.333. The summed E-state index contributed by atoms with van der Waals surface area (Å²) in [5, 5.41) is 14.4. The van der Waals surface area contributed by atoms with Gasteiger partial charge in [0.1, 0.15) is 17.0 Å². The number of fused-ring (bicyclic) bond motifs is 1. The van der Waals surface area contributed by atoms with Crippen molar-refractivity contribution in [3.05, 3.63) is 63.8 Å². The average molecular weight is 452 g/mol. The van der Waals surface area contributed by atoms with Gasteiger partial charge in [-0.25, -0.2) is 4.79 Å². The second kappa shape index (κ2) is 7.76. The molecule has 3 aromatic rings. The lowest BCUT2D eigenvalue weighted by Crippen LogP contribution is -2.48. The Bertz CT molecular complexity index is 1220. The number of alkyl halides is 3. The Kier molecular flexibility index (Phi) is 5.38. The Morgan fingerprint density at radius 1 is 1.26 bits per heavy atom. The maximum absolute atomic E-state index is 13.3. The van der Waals surface area contributed by atoms with E-state index in [0.29, 0.717) is 34.4 Å². The van der Waals surface area contributed by atoms with Gasteiger partial charge in [0.2, 0.25) is 5.60 Å². The normalized spacial score (nSPS) is 18.6. The van der Waals surface area contributed by atoms with Crippen molar-refractivity contribution in [1.82, 2.24) is 9.88 Å². The Morgan fingerprint density at radius 2 is 2.03 bits per heavy atom. The molecule has 0 amide bonds. The average Bonchev–Trinajstić information content (AvgIpc) is 3.35. The lowest BCUT2D eigenvalue weighted by atomic mass is 9.94. The fourth-order valence-corrected chi connectivity index (χ4v) is 4.53. The molecule has 1 aliphatic heterocycles. The molecule has 0 bridgehead atoms. The van der Waals surface area contributed by atoms with E-state index in [4.69, 9.17) is 8.94 Å². The highest BCUT2D eigenvalue weighted by molar-refractivity contribution is 7.98. The van der Waals surface area contributed by atoms with Crippen molar-refractivity contribution in [3.63, 3.8) is 0 Å². The van der Waals surface area contributed by atoms with Crippen LogP contribution in [-0.2, 0) is 6.42 Å². The predicted octanol–water partition coefficient (Wildman–Crippen LogP) is 4.51. The zero-order chi connectivity index (χ0) is 22.4. The van der Waals surface area contributed by atoms with Crippen molar-refractivity contribution in [1.29, 1.82) is 0 Å². The number of hydrogen-bond donors (Lipinski definition) is 2. The maximum atomic E-state index is 13.3. The number of nitrogens with zero attached hydrogens (tertiary/aromatic N) is 1. The topological polar surface area (TPSA) is 88.5 Å². The van der Waals surface area contributed by atoms with Crippen LogP contribution in [0.15, 0.2) is 55.8 Å². The monoisotopic (exact) mass is 452 g/mol. The van der Waals surface area contributed by atoms with Gasteiger partial charge in [-0.1, -0.05) is 24.2 Å². The van der Waals surface area contributed by atoms with E-state index >= 15 is 0 Å². The maximum Gasteiger partial charge on any atom is 0.422 e. The third-order valence-electron chi connectivity index (χ3n) is 5.25. The van der Waals surface area contributed by atoms with E-state index in [-0.39, 0.29) is 10.9 Å². The predicted molar refractivity (Wildman–Crippen MR) is 110 cm³/mol. The Labute approximate surface area is 179 Å². The van der Waals surface area contributed by atoms with Gasteiger partial charge in [0.15, 0.2) is 0 Å². The minimum absolute atomic E-state index is 0.256. The summed E-state index contributed by atoms with van der Waals surface area (Å²) < 4.78 is 53.0. The van der Waals surface area contributed by atoms with Crippen molar-refractivity contribution in [2.24, 2.45) is 0 Å². The van der Waals surface area contributed by atoms with E-state index < -0.39 is 23.8 Å². The molecule has 2 N–H and O–H groups in total. The quantitative estimate of drug-likeness (QED) is 0.435. The van der Waals surface area contributed by atoms with Gasteiger partial charge in [0.25, 0.3) is 0 Å². The van der Waals surface area contributed by atoms with Gasteiger partial charge in [-0.2, -0.15) is 13.2 Å². The van der Waals surface area contributed by atoms with Crippen LogP contribution in [0.1, 0.15) is 24.7 Å². The summed E-state index contributed by atoms with van der Waals surface area (Å²) in [5.41, 5.74) is -1.50. The van der Waals surface area contributed by atoms with E-state index in [9.17, 15) is 23.1 Å². The molecule has 2 atom stereocenters. The highest BCUT2D eigenvalue weighted by Crippen LogP contribution is 2.41. The van der Waals surface area contributed by atoms with Crippen molar-refractivity contribution in [2.75, 3.05) is 0 Å². The van der Waals surface area contributed by atoms with Crippen LogP contribution in [-0.4, -0.2) is 27.3 Å². The van der Waals surface area contributed by atoms with Crippen LogP contribution in [0, 0.1) is 6.92 Å². The van der Waals surface area contributed by atoms with Crippen LogP contribution < -0.4 is 10.3 Å². The molecule has 6 nitrogen and oxygen atoms in total. The molecular weight excluding hydrogens is 433 g/mol. The number of benzene rings is 1. The number of aryl methyl sites for hydroxylation is 1. The van der Waals surface area contributed by atoms with Gasteiger partial charge in [0, 0.05) is 28.3 Å². The third-order valence-corrected chi connectivity index (χ3v) is 6.19. The molecule has 0 fully saturated rings. The minimum atomic E-state index is -4.78. The summed E-state index contributed by atoms with van der Waals surface area (Å²) in [5.74, 6) is 0.604. The Hall–Kier alpha value is -2.72. The van der Waals surface area contributed by atoms with Gasteiger partial charge < -0.3 is 18.8 Å². The largest absolute Gasteiger partial charge is 0.423 e. The van der Waals surface area contributed by atoms with Crippen molar-refractivity contribution < 1.29 is 27.2 Å². The number of aliphatic hydroxyl groups is 1. The first-order valence-corrected chi connectivity index (χ1v) is 10.4. The van der Waals surface area contributed by atoms with Gasteiger partial charge >= 0.3 is 11.8 Å². The Morgan fingerprint density at radius 3 is 2.68 bits per heavy atom. The van der Waals surface area contributed by atoms with Crippen LogP contribution in [0.5, 0.6) is 0 Å². The molecule has 4 rings (SSSR count). The Balaban J connectivity index is 1.63. The summed E-state index contributed by atoms with van der Waals surface area (Å²) in [6.45, 7) is 3.03. The highest BCUT2D eigenvalue weighted by atomic mass is 32.2. The van der Waals surface area contributed by atoms with Crippen molar-refractivity contribution >= 4 is 22.9 Å². The number of rotatable bonds is 5. The second-order valence-corrected chi connectivity index (χ2v) is 8.43. The zero-order valence-corrected chi connectivity index (χ0v) is 17.4. The molecular formula is C21H19F3N2O4S. The van der Waals surface area contributed by atoms with Crippen LogP contribution in [0.4, 0.5) is 13.2 Å². The number of nitrogens with one attached hydrogen (secondary N) is 1. The molecule has 2 unspecified atom stereocenters. The molecule has 0 aliphatic carbocycles. The lowest BCUT2D eigenvalue weighted by molar-refractivity contribution is -0.245. The first kappa shape index (κ1) is 21.5. The molecule has 3 heterocycles. The summed E-state index contributed by atoms with van der Waals surface area (Å²) >= 11 is 1.10. The minimum Gasteiger partial charge on any atom is -0.423 e. The highest BCUT2D eigenvalue weighted by Gasteiger charge is 2.56. The summed E-state index contributed by atoms with van der Waals surface area (Å²) in [6.07, 6.45) is -3.49. The van der Waals surface area contributed by atoms with Crippen molar-refractivity contribution in [2.45, 2.75) is 43.7 Å². The standard InChI is InChI=1S/C21H19F3N2O4S/c1-3-20(28,21(22,23)24)18-9-13(31-26-18)7-12-4-5-14-15(16-6-11(2)30-25-16)10-19(27)29-17(14)8-12/h4-6,8-10,13,26,28H,3,7H2,1-2H3. The molecule has 164 valence electrons. The first-order valence-electron chi connectivity index (χ1n) is 9.54. The summed E-state index contributed by atoms with van der Waals surface area (Å²) in [4.78, 5) is 12.0. The van der Waals surface area contributed by atoms with Crippen LogP contribution >= 0.6 is 11.9 Å². The van der Waals surface area contributed by atoms with E-state index in [2.05, 4.69) is 9.88 Å². The van der Waals surface area contributed by atoms with Crippen LogP contribution in [0.3, 0.4) is 0 Å². The van der Waals surface area contributed by atoms with E-state index in [1.54, 1.807) is 25.1 Å². The van der Waals surface area contributed by atoms with Gasteiger partial charge in [0.05, 0.1) is 5.70 Å². The number of hydrogen-bond acceptors (Lipinski definition) is 7. The van der Waals surface area contributed by atoms with Gasteiger partial charge in [-0.15, -0.1) is 0 Å². The third kappa shape index (κ3) is 3.97. The molecule has 0 saturated heterocycles. The van der Waals surface area contributed by atoms with Crippen LogP contribution in [0.25, 0.3) is 22.2 Å². The molecule has 1 aromatic carbocycles. The first-order chi connectivity index (χ1) is 14.6. The zero-order valence-electron chi connectivity index (χ0n) is 16.6. The van der Waals surface area contributed by atoms with Crippen molar-refractivity contribution in [3.8, 4) is 11.3 Å². The molecule has 0 saturated carbocycles. The smallest absolute Gasteiger partial charge is 0.422 e. The molecule has 10 heteroatoms. The summed E-state index contributed by atoms with van der Waals surface area (Å²) in [6, 6.07) is 8.34. The van der Waals surface area contributed by atoms with E-state index in [1.807, 2.05) is 6.07 Å². The van der Waals surface area contributed by atoms with Gasteiger partial charge in [-0.05, 0) is 49.4 Å². The second-order valence-electron chi connectivity index (χ2n) is 7.39. The SMILES string of the molecule is CCC(O)(C1=CC(Cc2ccc3c(-c4cc(C)on4)cc(=O)oc3c2)SN1)C(F)(F)F. The summed E-state index contributed by atoms with van der Waals surface area (Å²) in [7, 11) is 0. The van der Waals surface area contributed by atoms with E-state index in [1.165, 1.54) is 19.1 Å². The molecule has 2 aromatic heterocycles. The fourth-order valence-electron chi connectivity index (χ4n) is 3.53.